The third kappa shape index (κ3) is 3.11. The first-order valence-corrected chi connectivity index (χ1v) is 8.99. The third-order valence-electron chi connectivity index (χ3n) is 4.47. The Hall–Kier alpha value is -1.50. The van der Waals surface area contributed by atoms with Crippen LogP contribution in [0.4, 0.5) is 5.13 Å². The Balaban J connectivity index is 1.63. The van der Waals surface area contributed by atoms with Crippen molar-refractivity contribution in [2.45, 2.75) is 25.4 Å². The zero-order valence-electron chi connectivity index (χ0n) is 12.9. The zero-order valence-corrected chi connectivity index (χ0v) is 13.8. The largest absolute Gasteiger partial charge is 0.381 e. The number of benzene rings is 1. The van der Waals surface area contributed by atoms with Gasteiger partial charge in [0.2, 0.25) is 5.91 Å². The van der Waals surface area contributed by atoms with Crippen LogP contribution in [0.1, 0.15) is 19.3 Å². The molecule has 0 aliphatic carbocycles. The number of thiazole rings is 1. The molecule has 0 radical (unpaired) electrons. The summed E-state index contributed by atoms with van der Waals surface area (Å²) in [6.45, 7) is 2.57. The number of amides is 1. The molecule has 5 nitrogen and oxygen atoms in total. The lowest BCUT2D eigenvalue weighted by Gasteiger charge is -2.25. The van der Waals surface area contributed by atoms with Gasteiger partial charge < -0.3 is 9.47 Å². The Labute approximate surface area is 139 Å². The number of rotatable bonds is 4. The lowest BCUT2D eigenvalue weighted by atomic mass is 10.1. The molecule has 2 saturated heterocycles. The van der Waals surface area contributed by atoms with E-state index in [1.54, 1.807) is 11.3 Å². The fourth-order valence-corrected chi connectivity index (χ4v) is 4.16. The van der Waals surface area contributed by atoms with Gasteiger partial charge in [0.15, 0.2) is 5.13 Å². The molecule has 23 heavy (non-hydrogen) atoms. The van der Waals surface area contributed by atoms with Gasteiger partial charge in [-0.15, -0.1) is 0 Å². The van der Waals surface area contributed by atoms with Gasteiger partial charge in [-0.25, -0.2) is 4.98 Å². The molecule has 2 aromatic rings. The molecule has 1 amide bonds. The van der Waals surface area contributed by atoms with Crippen LogP contribution >= 0.6 is 11.3 Å². The molecule has 0 spiro atoms. The summed E-state index contributed by atoms with van der Waals surface area (Å²) in [5.41, 5.74) is 0.945. The lowest BCUT2D eigenvalue weighted by Crippen LogP contribution is -2.41. The van der Waals surface area contributed by atoms with Crippen LogP contribution in [-0.2, 0) is 14.3 Å². The number of fused-ring (bicyclic) bond motifs is 1. The van der Waals surface area contributed by atoms with Crippen LogP contribution < -0.4 is 4.90 Å². The average Bonchev–Trinajstić information content (AvgIpc) is 3.32. The summed E-state index contributed by atoms with van der Waals surface area (Å²) in [6, 6.07) is 8.01. The van der Waals surface area contributed by atoms with E-state index in [0.717, 1.165) is 41.2 Å². The second-order valence-corrected chi connectivity index (χ2v) is 7.12. The second-order valence-electron chi connectivity index (χ2n) is 6.11. The molecule has 2 aliphatic heterocycles. The number of anilines is 1. The number of hydrogen-bond acceptors (Lipinski definition) is 5. The summed E-state index contributed by atoms with van der Waals surface area (Å²) in [7, 11) is 0. The Morgan fingerprint density at radius 2 is 2.22 bits per heavy atom. The molecule has 0 bridgehead atoms. The molecule has 122 valence electrons. The van der Waals surface area contributed by atoms with Crippen molar-refractivity contribution in [1.29, 1.82) is 0 Å². The number of para-hydroxylation sites is 1. The highest BCUT2D eigenvalue weighted by atomic mass is 32.1. The third-order valence-corrected chi connectivity index (χ3v) is 5.53. The van der Waals surface area contributed by atoms with Crippen LogP contribution in [-0.4, -0.2) is 43.4 Å². The topological polar surface area (TPSA) is 51.7 Å². The van der Waals surface area contributed by atoms with Crippen molar-refractivity contribution in [2.75, 3.05) is 31.3 Å². The van der Waals surface area contributed by atoms with E-state index in [9.17, 15) is 4.79 Å². The normalized spacial score (nSPS) is 24.3. The van der Waals surface area contributed by atoms with Crippen molar-refractivity contribution in [3.63, 3.8) is 0 Å². The molecule has 6 heteroatoms. The molecule has 0 N–H and O–H groups in total. The maximum Gasteiger partial charge on any atom is 0.234 e. The van der Waals surface area contributed by atoms with E-state index in [1.165, 1.54) is 0 Å². The van der Waals surface area contributed by atoms with Gasteiger partial charge in [0, 0.05) is 13.2 Å². The van der Waals surface area contributed by atoms with Crippen LogP contribution in [0.5, 0.6) is 0 Å². The van der Waals surface area contributed by atoms with Gasteiger partial charge in [0.05, 0.1) is 35.4 Å². The van der Waals surface area contributed by atoms with Crippen LogP contribution in [0.15, 0.2) is 24.3 Å². The Morgan fingerprint density at radius 3 is 2.96 bits per heavy atom. The fraction of sp³-hybridized carbons (Fsp3) is 0.529. The Kier molecular flexibility index (Phi) is 4.29. The smallest absolute Gasteiger partial charge is 0.234 e. The predicted octanol–water partition coefficient (Wildman–Crippen LogP) is 2.84. The summed E-state index contributed by atoms with van der Waals surface area (Å²) < 4.78 is 12.2. The van der Waals surface area contributed by atoms with Crippen molar-refractivity contribution >= 4 is 32.6 Å². The molecule has 2 unspecified atom stereocenters. The molecule has 0 saturated carbocycles. The van der Waals surface area contributed by atoms with Gasteiger partial charge in [-0.05, 0) is 31.4 Å². The molecular formula is C17H20N2O3S. The number of aromatic nitrogens is 1. The highest BCUT2D eigenvalue weighted by Gasteiger charge is 2.32. The van der Waals surface area contributed by atoms with Gasteiger partial charge in [-0.3, -0.25) is 9.69 Å². The Morgan fingerprint density at radius 1 is 1.30 bits per heavy atom. The lowest BCUT2D eigenvalue weighted by molar-refractivity contribution is -0.122. The highest BCUT2D eigenvalue weighted by molar-refractivity contribution is 7.22. The van der Waals surface area contributed by atoms with Gasteiger partial charge in [0.25, 0.3) is 0 Å². The summed E-state index contributed by atoms with van der Waals surface area (Å²) in [4.78, 5) is 19.5. The summed E-state index contributed by atoms with van der Waals surface area (Å²) in [6.07, 6.45) is 2.99. The van der Waals surface area contributed by atoms with Gasteiger partial charge in [-0.2, -0.15) is 0 Å². The first-order valence-electron chi connectivity index (χ1n) is 8.17. The fourth-order valence-electron chi connectivity index (χ4n) is 3.18. The van der Waals surface area contributed by atoms with Gasteiger partial charge >= 0.3 is 0 Å². The average molecular weight is 332 g/mol. The van der Waals surface area contributed by atoms with Gasteiger partial charge in [-0.1, -0.05) is 23.5 Å². The molecule has 2 fully saturated rings. The van der Waals surface area contributed by atoms with Crippen LogP contribution in [0.2, 0.25) is 0 Å². The minimum Gasteiger partial charge on any atom is -0.381 e. The van der Waals surface area contributed by atoms with Crippen molar-refractivity contribution < 1.29 is 14.3 Å². The summed E-state index contributed by atoms with van der Waals surface area (Å²) >= 11 is 1.57. The van der Waals surface area contributed by atoms with Crippen molar-refractivity contribution in [3.8, 4) is 0 Å². The zero-order chi connectivity index (χ0) is 15.6. The quantitative estimate of drug-likeness (QED) is 0.864. The van der Waals surface area contributed by atoms with E-state index in [1.807, 2.05) is 29.2 Å². The van der Waals surface area contributed by atoms with Crippen molar-refractivity contribution in [1.82, 2.24) is 4.98 Å². The molecular weight excluding hydrogens is 312 g/mol. The molecule has 3 heterocycles. The summed E-state index contributed by atoms with van der Waals surface area (Å²) in [5.74, 6) is 0.0699. The number of nitrogens with zero attached hydrogens (tertiary/aromatic N) is 2. The number of carbonyl (C=O) groups is 1. The van der Waals surface area contributed by atoms with E-state index in [-0.39, 0.29) is 17.9 Å². The maximum atomic E-state index is 13.0. The molecule has 2 atom stereocenters. The van der Waals surface area contributed by atoms with Crippen LogP contribution in [0, 0.1) is 5.92 Å². The minimum atomic E-state index is -0.0524. The second kappa shape index (κ2) is 6.55. The SMILES string of the molecule is O=C(C1CCOC1)N(CC1CCCO1)c1nc2ccccc2s1. The molecule has 4 rings (SSSR count). The Bertz CT molecular complexity index is 657. The number of carbonyl (C=O) groups excluding carboxylic acids is 1. The van der Waals surface area contributed by atoms with Crippen LogP contribution in [0.25, 0.3) is 10.2 Å². The highest BCUT2D eigenvalue weighted by Crippen LogP contribution is 2.31. The van der Waals surface area contributed by atoms with E-state index in [2.05, 4.69) is 4.98 Å². The van der Waals surface area contributed by atoms with Crippen molar-refractivity contribution in [3.05, 3.63) is 24.3 Å². The first-order chi connectivity index (χ1) is 11.3. The van der Waals surface area contributed by atoms with E-state index < -0.39 is 0 Å². The van der Waals surface area contributed by atoms with Crippen molar-refractivity contribution in [2.24, 2.45) is 5.92 Å². The number of hydrogen-bond donors (Lipinski definition) is 0. The van der Waals surface area contributed by atoms with E-state index >= 15 is 0 Å². The predicted molar refractivity (Wildman–Crippen MR) is 89.9 cm³/mol. The van der Waals surface area contributed by atoms with Gasteiger partial charge in [0.1, 0.15) is 0 Å². The standard InChI is InChI=1S/C17H20N2O3S/c20-16(12-7-9-21-11-12)19(10-13-4-3-8-22-13)17-18-14-5-1-2-6-15(14)23-17/h1-2,5-6,12-13H,3-4,7-11H2. The van der Waals surface area contributed by atoms with Crippen LogP contribution in [0.3, 0.4) is 0 Å². The molecule has 1 aromatic heterocycles. The maximum absolute atomic E-state index is 13.0. The summed E-state index contributed by atoms with van der Waals surface area (Å²) in [5, 5.41) is 0.776. The first kappa shape index (κ1) is 15.1. The minimum absolute atomic E-state index is 0.0524. The molecule has 2 aliphatic rings. The number of ether oxygens (including phenoxy) is 2. The van der Waals surface area contributed by atoms with E-state index in [4.69, 9.17) is 9.47 Å². The monoisotopic (exact) mass is 332 g/mol. The van der Waals surface area contributed by atoms with E-state index in [0.29, 0.717) is 19.8 Å². The molecule has 1 aromatic carbocycles.